The molecule has 0 radical (unpaired) electrons. The number of alkyl halides is 3. The molecule has 1 aromatic heterocycles. The van der Waals surface area contributed by atoms with E-state index in [-0.39, 0.29) is 24.3 Å². The van der Waals surface area contributed by atoms with Gasteiger partial charge in [-0.2, -0.15) is 13.2 Å². The molecule has 1 aliphatic heterocycles. The van der Waals surface area contributed by atoms with Gasteiger partial charge in [0.1, 0.15) is 11.3 Å². The van der Waals surface area contributed by atoms with Crippen molar-refractivity contribution >= 4 is 11.9 Å². The number of ketones is 1. The van der Waals surface area contributed by atoms with Gasteiger partial charge in [-0.3, -0.25) is 14.7 Å². The SMILES string of the molecule is CC(C)(C)OC(=O)N1CC(=O)c2ncc(C(F)(F)F)cc2C1. The third-order valence-electron chi connectivity index (χ3n) is 2.91. The number of pyridine rings is 1. The third-order valence-corrected chi connectivity index (χ3v) is 2.91. The second-order valence-corrected chi connectivity index (χ2v) is 5.99. The Morgan fingerprint density at radius 3 is 2.45 bits per heavy atom. The van der Waals surface area contributed by atoms with Gasteiger partial charge < -0.3 is 4.74 Å². The number of carbonyl (C=O) groups is 2. The van der Waals surface area contributed by atoms with Gasteiger partial charge in [0.15, 0.2) is 0 Å². The Morgan fingerprint density at radius 1 is 1.27 bits per heavy atom. The number of aromatic nitrogens is 1. The molecule has 1 aromatic rings. The van der Waals surface area contributed by atoms with Crippen LogP contribution in [0.5, 0.6) is 0 Å². The van der Waals surface area contributed by atoms with Gasteiger partial charge in [-0.05, 0) is 26.8 Å². The predicted octanol–water partition coefficient (Wildman–Crippen LogP) is 3.03. The molecule has 1 aliphatic rings. The average molecular weight is 316 g/mol. The fraction of sp³-hybridized carbons (Fsp3) is 0.500. The van der Waals surface area contributed by atoms with Gasteiger partial charge in [0.25, 0.3) is 0 Å². The highest BCUT2D eigenvalue weighted by molar-refractivity contribution is 5.99. The fourth-order valence-electron chi connectivity index (χ4n) is 2.00. The lowest BCUT2D eigenvalue weighted by molar-refractivity contribution is -0.137. The van der Waals surface area contributed by atoms with E-state index in [2.05, 4.69) is 4.98 Å². The Bertz CT molecular complexity index is 621. The first kappa shape index (κ1) is 16.3. The summed E-state index contributed by atoms with van der Waals surface area (Å²) in [5.74, 6) is -0.513. The van der Waals surface area contributed by atoms with E-state index < -0.39 is 29.2 Å². The molecule has 2 heterocycles. The summed E-state index contributed by atoms with van der Waals surface area (Å²) >= 11 is 0. The van der Waals surface area contributed by atoms with Gasteiger partial charge in [-0.1, -0.05) is 0 Å². The van der Waals surface area contributed by atoms with Crippen molar-refractivity contribution in [1.82, 2.24) is 9.88 Å². The number of amides is 1. The summed E-state index contributed by atoms with van der Waals surface area (Å²) in [4.78, 5) is 28.5. The van der Waals surface area contributed by atoms with E-state index >= 15 is 0 Å². The average Bonchev–Trinajstić information content (AvgIpc) is 2.34. The van der Waals surface area contributed by atoms with Crippen LogP contribution in [0.1, 0.15) is 42.4 Å². The Morgan fingerprint density at radius 2 is 1.91 bits per heavy atom. The first-order valence-electron chi connectivity index (χ1n) is 6.54. The van der Waals surface area contributed by atoms with Crippen molar-refractivity contribution in [2.45, 2.75) is 39.1 Å². The number of Topliss-reactive ketones (excluding diaryl/α,β-unsaturated/α-hetero) is 1. The number of ether oxygens (including phenoxy) is 1. The van der Waals surface area contributed by atoms with Gasteiger partial charge >= 0.3 is 12.3 Å². The van der Waals surface area contributed by atoms with Crippen molar-refractivity contribution in [1.29, 1.82) is 0 Å². The van der Waals surface area contributed by atoms with Crippen LogP contribution in [0.15, 0.2) is 12.3 Å². The van der Waals surface area contributed by atoms with E-state index in [0.29, 0.717) is 6.20 Å². The van der Waals surface area contributed by atoms with Crippen LogP contribution in [0.3, 0.4) is 0 Å². The van der Waals surface area contributed by atoms with E-state index in [0.717, 1.165) is 11.0 Å². The zero-order valence-electron chi connectivity index (χ0n) is 12.3. The number of hydrogen-bond donors (Lipinski definition) is 0. The summed E-state index contributed by atoms with van der Waals surface area (Å²) in [5, 5.41) is 0. The minimum atomic E-state index is -4.56. The lowest BCUT2D eigenvalue weighted by Crippen LogP contribution is -2.42. The largest absolute Gasteiger partial charge is 0.444 e. The van der Waals surface area contributed by atoms with Crippen LogP contribution in [0.4, 0.5) is 18.0 Å². The Hall–Kier alpha value is -2.12. The molecule has 0 spiro atoms. The lowest BCUT2D eigenvalue weighted by atomic mass is 10.0. The second-order valence-electron chi connectivity index (χ2n) is 5.99. The fourth-order valence-corrected chi connectivity index (χ4v) is 2.00. The molecule has 0 saturated heterocycles. The number of rotatable bonds is 0. The van der Waals surface area contributed by atoms with Crippen molar-refractivity contribution in [2.24, 2.45) is 0 Å². The molecule has 1 amide bonds. The topological polar surface area (TPSA) is 59.5 Å². The maximum absolute atomic E-state index is 12.7. The first-order chi connectivity index (χ1) is 9.97. The van der Waals surface area contributed by atoms with Crippen LogP contribution in [0, 0.1) is 0 Å². The smallest absolute Gasteiger partial charge is 0.417 e. The van der Waals surface area contributed by atoms with E-state index in [1.54, 1.807) is 20.8 Å². The lowest BCUT2D eigenvalue weighted by Gasteiger charge is -2.30. The predicted molar refractivity (Wildman–Crippen MR) is 70.2 cm³/mol. The Labute approximate surface area is 125 Å². The quantitative estimate of drug-likeness (QED) is 0.738. The van der Waals surface area contributed by atoms with Gasteiger partial charge in [0.2, 0.25) is 5.78 Å². The van der Waals surface area contributed by atoms with Crippen molar-refractivity contribution in [3.05, 3.63) is 29.1 Å². The minimum absolute atomic E-state index is 0.0344. The maximum Gasteiger partial charge on any atom is 0.417 e. The molecule has 0 saturated carbocycles. The van der Waals surface area contributed by atoms with Gasteiger partial charge in [0, 0.05) is 11.8 Å². The number of carbonyl (C=O) groups excluding carboxylic acids is 2. The third kappa shape index (κ3) is 3.55. The van der Waals surface area contributed by atoms with Crippen molar-refractivity contribution in [3.63, 3.8) is 0 Å². The van der Waals surface area contributed by atoms with E-state index in [9.17, 15) is 22.8 Å². The molecule has 22 heavy (non-hydrogen) atoms. The van der Waals surface area contributed by atoms with Crippen LogP contribution in [0.2, 0.25) is 0 Å². The zero-order valence-corrected chi connectivity index (χ0v) is 12.3. The monoisotopic (exact) mass is 316 g/mol. The summed E-state index contributed by atoms with van der Waals surface area (Å²) in [5.41, 5.74) is -1.68. The molecule has 0 bridgehead atoms. The molecule has 2 rings (SSSR count). The van der Waals surface area contributed by atoms with Crippen molar-refractivity contribution in [3.8, 4) is 0 Å². The highest BCUT2D eigenvalue weighted by Gasteiger charge is 2.35. The summed E-state index contributed by atoms with van der Waals surface area (Å²) in [7, 11) is 0. The summed E-state index contributed by atoms with van der Waals surface area (Å²) < 4.78 is 43.2. The molecule has 0 fully saturated rings. The Balaban J connectivity index is 2.28. The van der Waals surface area contributed by atoms with Crippen LogP contribution in [0.25, 0.3) is 0 Å². The molecule has 0 unspecified atom stereocenters. The molecular formula is C14H15F3N2O3. The van der Waals surface area contributed by atoms with E-state index in [1.165, 1.54) is 0 Å². The molecular weight excluding hydrogens is 301 g/mol. The van der Waals surface area contributed by atoms with E-state index in [4.69, 9.17) is 4.74 Å². The highest BCUT2D eigenvalue weighted by atomic mass is 19.4. The zero-order chi connectivity index (χ0) is 16.7. The van der Waals surface area contributed by atoms with Gasteiger partial charge in [-0.15, -0.1) is 0 Å². The standard InChI is InChI=1S/C14H15F3N2O3/c1-13(2,3)22-12(21)19-6-8-4-9(14(15,16)17)5-18-11(8)10(20)7-19/h4-5H,6-7H2,1-3H3. The number of halogens is 3. The highest BCUT2D eigenvalue weighted by Crippen LogP contribution is 2.31. The molecule has 0 atom stereocenters. The molecule has 0 aromatic carbocycles. The molecule has 5 nitrogen and oxygen atoms in total. The summed E-state index contributed by atoms with van der Waals surface area (Å²) in [6.45, 7) is 4.57. The van der Waals surface area contributed by atoms with Crippen LogP contribution >= 0.6 is 0 Å². The summed E-state index contributed by atoms with van der Waals surface area (Å²) in [6, 6.07) is 0.844. The minimum Gasteiger partial charge on any atom is -0.444 e. The van der Waals surface area contributed by atoms with Crippen molar-refractivity contribution < 1.29 is 27.5 Å². The molecule has 0 aliphatic carbocycles. The van der Waals surface area contributed by atoms with Crippen molar-refractivity contribution in [2.75, 3.05) is 6.54 Å². The second kappa shape index (κ2) is 5.26. The molecule has 8 heteroatoms. The number of fused-ring (bicyclic) bond motifs is 1. The Kier molecular flexibility index (Phi) is 3.88. The van der Waals surface area contributed by atoms with Crippen LogP contribution in [-0.4, -0.2) is 33.9 Å². The van der Waals surface area contributed by atoms with Gasteiger partial charge in [-0.25, -0.2) is 4.79 Å². The van der Waals surface area contributed by atoms with Crippen LogP contribution in [-0.2, 0) is 17.5 Å². The van der Waals surface area contributed by atoms with E-state index in [1.807, 2.05) is 0 Å². The maximum atomic E-state index is 12.7. The number of nitrogens with zero attached hydrogens (tertiary/aromatic N) is 2. The first-order valence-corrected chi connectivity index (χ1v) is 6.54. The van der Waals surface area contributed by atoms with Crippen LogP contribution < -0.4 is 0 Å². The molecule has 0 N–H and O–H groups in total. The normalized spacial score (nSPS) is 15.5. The number of hydrogen-bond acceptors (Lipinski definition) is 4. The molecule has 120 valence electrons. The summed E-state index contributed by atoms with van der Waals surface area (Å²) in [6.07, 6.45) is -4.68. The van der Waals surface area contributed by atoms with Gasteiger partial charge in [0.05, 0.1) is 18.7 Å².